The second-order valence-corrected chi connectivity index (χ2v) is 8.02. The third-order valence-electron chi connectivity index (χ3n) is 4.25. The molecule has 0 amide bonds. The van der Waals surface area contributed by atoms with Crippen LogP contribution in [0.2, 0.25) is 0 Å². The van der Waals surface area contributed by atoms with Crippen molar-refractivity contribution in [3.05, 3.63) is 34.7 Å². The molecule has 2 aromatic rings. The van der Waals surface area contributed by atoms with Crippen molar-refractivity contribution in [2.45, 2.75) is 45.1 Å². The Morgan fingerprint density at radius 3 is 2.58 bits per heavy atom. The topological polar surface area (TPSA) is 88.4 Å². The molecule has 0 spiro atoms. The summed E-state index contributed by atoms with van der Waals surface area (Å²) in [7, 11) is -3.58. The summed E-state index contributed by atoms with van der Waals surface area (Å²) in [6, 6.07) is 7.40. The Labute approximate surface area is 141 Å². The molecular formula is C17H22N2O4S. The molecule has 0 radical (unpaired) electrons. The van der Waals surface area contributed by atoms with Gasteiger partial charge in [-0.1, -0.05) is 31.9 Å². The van der Waals surface area contributed by atoms with Gasteiger partial charge in [-0.2, -0.15) is 0 Å². The molecule has 1 aromatic heterocycles. The van der Waals surface area contributed by atoms with E-state index in [2.05, 4.69) is 10.0 Å². The largest absolute Gasteiger partial charge is 0.421 e. The lowest BCUT2D eigenvalue weighted by atomic mass is 10.1. The molecule has 0 bridgehead atoms. The first-order chi connectivity index (χ1) is 11.5. The van der Waals surface area contributed by atoms with Gasteiger partial charge in [0.25, 0.3) is 0 Å². The van der Waals surface area contributed by atoms with E-state index in [1.54, 1.807) is 19.1 Å². The maximum atomic E-state index is 12.4. The van der Waals surface area contributed by atoms with Crippen molar-refractivity contribution in [3.63, 3.8) is 0 Å². The van der Waals surface area contributed by atoms with Crippen LogP contribution in [0.3, 0.4) is 0 Å². The Bertz CT molecular complexity index is 883. The van der Waals surface area contributed by atoms with Crippen LogP contribution in [0, 0.1) is 0 Å². The van der Waals surface area contributed by atoms with Gasteiger partial charge < -0.3 is 9.73 Å². The molecule has 0 atom stereocenters. The molecule has 1 aromatic carbocycles. The van der Waals surface area contributed by atoms with E-state index in [0.29, 0.717) is 23.1 Å². The lowest BCUT2D eigenvalue weighted by Gasteiger charge is -2.19. The van der Waals surface area contributed by atoms with Gasteiger partial charge in [0.15, 0.2) is 5.69 Å². The van der Waals surface area contributed by atoms with Gasteiger partial charge in [0.1, 0.15) is 5.58 Å². The van der Waals surface area contributed by atoms with Crippen molar-refractivity contribution in [1.82, 2.24) is 0 Å². The highest BCUT2D eigenvalue weighted by molar-refractivity contribution is 7.92. The fourth-order valence-corrected chi connectivity index (χ4v) is 4.28. The van der Waals surface area contributed by atoms with Crippen molar-refractivity contribution in [1.29, 1.82) is 0 Å². The third-order valence-corrected chi connectivity index (χ3v) is 5.71. The molecule has 1 aliphatic carbocycles. The molecule has 130 valence electrons. The quantitative estimate of drug-likeness (QED) is 0.780. The number of hydrogen-bond acceptors (Lipinski definition) is 5. The molecule has 1 fully saturated rings. The zero-order chi connectivity index (χ0) is 17.2. The molecule has 2 N–H and O–H groups in total. The Morgan fingerprint density at radius 2 is 1.88 bits per heavy atom. The van der Waals surface area contributed by atoms with Crippen molar-refractivity contribution >= 4 is 32.4 Å². The maximum absolute atomic E-state index is 12.4. The molecule has 3 rings (SSSR count). The Kier molecular flexibility index (Phi) is 4.80. The summed E-state index contributed by atoms with van der Waals surface area (Å²) in [5.74, 6) is -0.0395. The van der Waals surface area contributed by atoms with E-state index in [1.165, 1.54) is 0 Å². The van der Waals surface area contributed by atoms with Crippen LogP contribution >= 0.6 is 0 Å². The summed E-state index contributed by atoms with van der Waals surface area (Å²) in [6.45, 7) is 1.78. The van der Waals surface area contributed by atoms with Crippen LogP contribution in [0.1, 0.15) is 39.0 Å². The number of rotatable bonds is 6. The summed E-state index contributed by atoms with van der Waals surface area (Å²) in [6.07, 6.45) is 4.76. The third kappa shape index (κ3) is 3.56. The monoisotopic (exact) mass is 350 g/mol. The van der Waals surface area contributed by atoms with Gasteiger partial charge in [-0.25, -0.2) is 13.2 Å². The van der Waals surface area contributed by atoms with Gasteiger partial charge in [-0.05, 0) is 31.4 Å². The van der Waals surface area contributed by atoms with Crippen molar-refractivity contribution in [3.8, 4) is 0 Å². The average molecular weight is 350 g/mol. The zero-order valence-corrected chi connectivity index (χ0v) is 14.5. The number of benzene rings is 1. The van der Waals surface area contributed by atoms with Crippen LogP contribution in [0.4, 0.5) is 11.4 Å². The molecular weight excluding hydrogens is 328 g/mol. The number of nitrogens with one attached hydrogen (secondary N) is 2. The summed E-state index contributed by atoms with van der Waals surface area (Å²) in [4.78, 5) is 12.4. The summed E-state index contributed by atoms with van der Waals surface area (Å²) < 4.78 is 32.0. The molecule has 1 heterocycles. The van der Waals surface area contributed by atoms with E-state index in [-0.39, 0.29) is 17.5 Å². The Balaban J connectivity index is 2.11. The zero-order valence-electron chi connectivity index (χ0n) is 13.7. The normalized spacial score (nSPS) is 15.7. The number of fused-ring (bicyclic) bond motifs is 1. The predicted octanol–water partition coefficient (Wildman–Crippen LogP) is 3.30. The van der Waals surface area contributed by atoms with E-state index in [9.17, 15) is 13.2 Å². The molecule has 0 unspecified atom stereocenters. The maximum Gasteiger partial charge on any atom is 0.363 e. The van der Waals surface area contributed by atoms with E-state index < -0.39 is 15.6 Å². The number of anilines is 2. The molecule has 1 saturated carbocycles. The smallest absolute Gasteiger partial charge is 0.363 e. The summed E-state index contributed by atoms with van der Waals surface area (Å²) in [5, 5.41) is 4.08. The fraction of sp³-hybridized carbons (Fsp3) is 0.471. The summed E-state index contributed by atoms with van der Waals surface area (Å²) in [5.41, 5.74) is 0.276. The van der Waals surface area contributed by atoms with Gasteiger partial charge >= 0.3 is 5.63 Å². The lowest BCUT2D eigenvalue weighted by Crippen LogP contribution is -2.24. The highest BCUT2D eigenvalue weighted by Gasteiger charge is 2.23. The number of para-hydroxylation sites is 1. The van der Waals surface area contributed by atoms with Crippen LogP contribution < -0.4 is 15.7 Å². The molecule has 0 saturated heterocycles. The average Bonchev–Trinajstić information content (AvgIpc) is 3.03. The molecule has 7 heteroatoms. The first kappa shape index (κ1) is 16.8. The van der Waals surface area contributed by atoms with Crippen LogP contribution in [0.25, 0.3) is 11.0 Å². The van der Waals surface area contributed by atoms with Crippen LogP contribution in [0.5, 0.6) is 0 Å². The molecule has 1 aliphatic rings. The van der Waals surface area contributed by atoms with Crippen molar-refractivity contribution < 1.29 is 12.8 Å². The van der Waals surface area contributed by atoms with Crippen molar-refractivity contribution in [2.24, 2.45) is 0 Å². The summed E-state index contributed by atoms with van der Waals surface area (Å²) >= 11 is 0. The van der Waals surface area contributed by atoms with E-state index in [0.717, 1.165) is 25.7 Å². The number of hydrogen-bond donors (Lipinski definition) is 2. The standard InChI is InChI=1S/C17H22N2O4S/c1-2-11-24(21,22)19-16-15(18-12-7-3-4-8-12)13-9-5-6-10-14(13)23-17(16)20/h5-6,9-10,12,18-19H,2-4,7-8,11H2,1H3. The van der Waals surface area contributed by atoms with Gasteiger partial charge in [0.05, 0.1) is 11.4 Å². The number of sulfonamides is 1. The van der Waals surface area contributed by atoms with Gasteiger partial charge in [-0.3, -0.25) is 4.72 Å². The van der Waals surface area contributed by atoms with Crippen LogP contribution in [0.15, 0.2) is 33.5 Å². The highest BCUT2D eigenvalue weighted by Crippen LogP contribution is 2.32. The van der Waals surface area contributed by atoms with Gasteiger partial charge in [-0.15, -0.1) is 0 Å². The molecule has 0 aliphatic heterocycles. The molecule has 24 heavy (non-hydrogen) atoms. The van der Waals surface area contributed by atoms with Crippen LogP contribution in [-0.4, -0.2) is 20.2 Å². The predicted molar refractivity (Wildman–Crippen MR) is 96.1 cm³/mol. The van der Waals surface area contributed by atoms with Gasteiger partial charge in [0, 0.05) is 11.4 Å². The Hall–Kier alpha value is -2.02. The highest BCUT2D eigenvalue weighted by atomic mass is 32.2. The van der Waals surface area contributed by atoms with Crippen LogP contribution in [-0.2, 0) is 10.0 Å². The lowest BCUT2D eigenvalue weighted by molar-refractivity contribution is 0.562. The van der Waals surface area contributed by atoms with Crippen molar-refractivity contribution in [2.75, 3.05) is 15.8 Å². The molecule has 6 nitrogen and oxygen atoms in total. The SMILES string of the molecule is CCCS(=O)(=O)Nc1c(NC2CCCC2)c2ccccc2oc1=O. The fourth-order valence-electron chi connectivity index (χ4n) is 3.14. The van der Waals surface area contributed by atoms with E-state index >= 15 is 0 Å². The van der Waals surface area contributed by atoms with Gasteiger partial charge in [0.2, 0.25) is 10.0 Å². The Morgan fingerprint density at radius 1 is 1.17 bits per heavy atom. The minimum atomic E-state index is -3.58. The minimum Gasteiger partial charge on any atom is -0.421 e. The minimum absolute atomic E-state index is 0.0194. The van der Waals surface area contributed by atoms with E-state index in [1.807, 2.05) is 12.1 Å². The second-order valence-electron chi connectivity index (χ2n) is 6.18. The first-order valence-electron chi connectivity index (χ1n) is 8.33. The second kappa shape index (κ2) is 6.84. The first-order valence-corrected chi connectivity index (χ1v) is 9.98. The van der Waals surface area contributed by atoms with E-state index in [4.69, 9.17) is 4.42 Å².